The monoisotopic (exact) mass is 219 g/mol. The van der Waals surface area contributed by atoms with Crippen molar-refractivity contribution >= 4 is 11.6 Å². The van der Waals surface area contributed by atoms with Crippen LogP contribution in [-0.4, -0.2) is 48.0 Å². The molecule has 82 valence electrons. The van der Waals surface area contributed by atoms with E-state index < -0.39 is 0 Å². The van der Waals surface area contributed by atoms with Crippen molar-refractivity contribution in [3.63, 3.8) is 0 Å². The fourth-order valence-electron chi connectivity index (χ4n) is 1.84. The maximum Gasteiger partial charge on any atom is 0.0940 e. The summed E-state index contributed by atoms with van der Waals surface area (Å²) in [6, 6.07) is 0. The molecule has 0 aromatic carbocycles. The number of rotatable bonds is 3. The van der Waals surface area contributed by atoms with Crippen molar-refractivity contribution in [3.05, 3.63) is 11.6 Å². The van der Waals surface area contributed by atoms with Crippen LogP contribution in [0.25, 0.3) is 0 Å². The Morgan fingerprint density at radius 3 is 2.93 bits per heavy atom. The Hall–Kier alpha value is -0.0900. The van der Waals surface area contributed by atoms with Crippen LogP contribution >= 0.6 is 11.6 Å². The van der Waals surface area contributed by atoms with Crippen LogP contribution in [0, 0.1) is 0 Å². The molecule has 1 heterocycles. The highest BCUT2D eigenvalue weighted by atomic mass is 35.5. The fourth-order valence-corrected chi connectivity index (χ4v) is 1.92. The summed E-state index contributed by atoms with van der Waals surface area (Å²) in [5, 5.41) is 9.07. The average Bonchev–Trinajstić information content (AvgIpc) is 2.12. The van der Waals surface area contributed by atoms with Crippen LogP contribution in [0.4, 0.5) is 0 Å². The molecule has 0 spiro atoms. The summed E-state index contributed by atoms with van der Waals surface area (Å²) < 4.78 is 5.68. The van der Waals surface area contributed by atoms with Gasteiger partial charge >= 0.3 is 0 Å². The van der Waals surface area contributed by atoms with Crippen molar-refractivity contribution in [2.24, 2.45) is 0 Å². The van der Waals surface area contributed by atoms with Gasteiger partial charge in [-0.2, -0.15) is 0 Å². The van der Waals surface area contributed by atoms with Crippen LogP contribution in [0.1, 0.15) is 13.8 Å². The van der Waals surface area contributed by atoms with E-state index in [0.29, 0.717) is 0 Å². The van der Waals surface area contributed by atoms with E-state index in [9.17, 15) is 0 Å². The maximum atomic E-state index is 9.07. The van der Waals surface area contributed by atoms with E-state index in [1.807, 2.05) is 19.9 Å². The van der Waals surface area contributed by atoms with Gasteiger partial charge in [0.15, 0.2) is 0 Å². The molecule has 1 fully saturated rings. The van der Waals surface area contributed by atoms with Gasteiger partial charge in [0.2, 0.25) is 0 Å². The highest BCUT2D eigenvalue weighted by Crippen LogP contribution is 2.20. The van der Waals surface area contributed by atoms with Crippen molar-refractivity contribution < 1.29 is 9.84 Å². The summed E-state index contributed by atoms with van der Waals surface area (Å²) >= 11 is 5.47. The van der Waals surface area contributed by atoms with E-state index in [0.717, 1.165) is 19.6 Å². The van der Waals surface area contributed by atoms with Gasteiger partial charge in [-0.05, 0) is 13.8 Å². The highest BCUT2D eigenvalue weighted by Gasteiger charge is 2.32. The van der Waals surface area contributed by atoms with Crippen LogP contribution in [0.5, 0.6) is 0 Å². The molecule has 3 nitrogen and oxygen atoms in total. The minimum Gasteiger partial charge on any atom is -0.394 e. The third kappa shape index (κ3) is 3.58. The average molecular weight is 220 g/mol. The first-order chi connectivity index (χ1) is 6.57. The van der Waals surface area contributed by atoms with E-state index in [-0.39, 0.29) is 18.3 Å². The topological polar surface area (TPSA) is 32.7 Å². The smallest absolute Gasteiger partial charge is 0.0940 e. The molecule has 0 amide bonds. The molecule has 0 aliphatic carbocycles. The standard InChI is InChI=1S/C10H18ClNO2/c1-10(2)8-12(5-3-4-11)6-9(7-13)14-10/h3-4,9,13H,5-8H2,1-2H3/b4-3+. The van der Waals surface area contributed by atoms with Crippen LogP contribution < -0.4 is 0 Å². The lowest BCUT2D eigenvalue weighted by Crippen LogP contribution is -2.53. The Morgan fingerprint density at radius 2 is 2.36 bits per heavy atom. The predicted molar refractivity (Wildman–Crippen MR) is 57.5 cm³/mol. The number of hydrogen-bond acceptors (Lipinski definition) is 3. The molecule has 0 aromatic rings. The van der Waals surface area contributed by atoms with Gasteiger partial charge in [-0.15, -0.1) is 0 Å². The number of aliphatic hydroxyl groups is 1. The van der Waals surface area contributed by atoms with E-state index in [1.54, 1.807) is 0 Å². The summed E-state index contributed by atoms with van der Waals surface area (Å²) in [6.45, 7) is 6.58. The zero-order chi connectivity index (χ0) is 10.6. The Kier molecular flexibility index (Phi) is 4.38. The summed E-state index contributed by atoms with van der Waals surface area (Å²) in [5.41, 5.74) is 1.34. The maximum absolute atomic E-state index is 9.07. The Bertz CT molecular complexity index is 206. The van der Waals surface area contributed by atoms with Gasteiger partial charge < -0.3 is 9.84 Å². The van der Waals surface area contributed by atoms with Crippen LogP contribution in [0.15, 0.2) is 11.6 Å². The number of nitrogens with zero attached hydrogens (tertiary/aromatic N) is 1. The Balaban J connectivity index is 2.52. The quantitative estimate of drug-likeness (QED) is 0.775. The lowest BCUT2D eigenvalue weighted by molar-refractivity contribution is -0.146. The van der Waals surface area contributed by atoms with Gasteiger partial charge in [-0.1, -0.05) is 17.7 Å². The number of ether oxygens (including phenoxy) is 1. The lowest BCUT2D eigenvalue weighted by atomic mass is 10.1. The highest BCUT2D eigenvalue weighted by molar-refractivity contribution is 6.25. The molecule has 1 aliphatic heterocycles. The third-order valence-corrected chi connectivity index (χ3v) is 2.39. The minimum absolute atomic E-state index is 0.0739. The molecule has 1 unspecified atom stereocenters. The van der Waals surface area contributed by atoms with Crippen molar-refractivity contribution in [1.29, 1.82) is 0 Å². The van der Waals surface area contributed by atoms with Crippen molar-refractivity contribution in [3.8, 4) is 0 Å². The zero-order valence-corrected chi connectivity index (χ0v) is 9.50. The summed E-state index contributed by atoms with van der Waals surface area (Å²) in [5.74, 6) is 0. The van der Waals surface area contributed by atoms with E-state index in [1.165, 1.54) is 5.54 Å². The first-order valence-corrected chi connectivity index (χ1v) is 5.27. The third-order valence-electron chi connectivity index (χ3n) is 2.21. The Labute approximate surface area is 90.3 Å². The lowest BCUT2D eigenvalue weighted by Gasteiger charge is -2.41. The van der Waals surface area contributed by atoms with Crippen LogP contribution in [0.3, 0.4) is 0 Å². The first-order valence-electron chi connectivity index (χ1n) is 4.83. The van der Waals surface area contributed by atoms with Gasteiger partial charge in [0.1, 0.15) is 0 Å². The predicted octanol–water partition coefficient (Wildman–Crippen LogP) is 1.21. The van der Waals surface area contributed by atoms with Crippen molar-refractivity contribution in [2.45, 2.75) is 25.6 Å². The normalized spacial score (nSPS) is 28.4. The molecule has 0 saturated carbocycles. The fraction of sp³-hybridized carbons (Fsp3) is 0.800. The molecule has 14 heavy (non-hydrogen) atoms. The van der Waals surface area contributed by atoms with Crippen molar-refractivity contribution in [2.75, 3.05) is 26.2 Å². The molecular formula is C10H18ClNO2. The number of morpholine rings is 1. The van der Waals surface area contributed by atoms with Gasteiger partial charge in [-0.3, -0.25) is 4.90 Å². The van der Waals surface area contributed by atoms with Gasteiger partial charge in [-0.25, -0.2) is 0 Å². The van der Waals surface area contributed by atoms with Crippen LogP contribution in [0.2, 0.25) is 0 Å². The summed E-state index contributed by atoms with van der Waals surface area (Å²) in [7, 11) is 0. The number of aliphatic hydroxyl groups excluding tert-OH is 1. The molecule has 0 bridgehead atoms. The largest absolute Gasteiger partial charge is 0.394 e. The van der Waals surface area contributed by atoms with E-state index in [2.05, 4.69) is 4.90 Å². The first kappa shape index (κ1) is 12.0. The molecule has 1 N–H and O–H groups in total. The second-order valence-electron chi connectivity index (χ2n) is 4.24. The molecule has 4 heteroatoms. The van der Waals surface area contributed by atoms with E-state index in [4.69, 9.17) is 21.4 Å². The SMILES string of the molecule is CC1(C)CN(C/C=C/Cl)CC(CO)O1. The van der Waals surface area contributed by atoms with E-state index >= 15 is 0 Å². The molecule has 0 radical (unpaired) electrons. The second kappa shape index (κ2) is 5.12. The minimum atomic E-state index is -0.189. The van der Waals surface area contributed by atoms with Crippen LogP contribution in [-0.2, 0) is 4.74 Å². The van der Waals surface area contributed by atoms with Gasteiger partial charge in [0.25, 0.3) is 0 Å². The molecule has 1 aliphatic rings. The molecule has 1 atom stereocenters. The summed E-state index contributed by atoms with van der Waals surface area (Å²) in [4.78, 5) is 2.23. The molecular weight excluding hydrogens is 202 g/mol. The summed E-state index contributed by atoms with van der Waals surface area (Å²) in [6.07, 6.45) is 1.82. The molecule has 1 rings (SSSR count). The Morgan fingerprint density at radius 1 is 1.64 bits per heavy atom. The van der Waals surface area contributed by atoms with Gasteiger partial charge in [0, 0.05) is 25.2 Å². The molecule has 1 saturated heterocycles. The molecule has 0 aromatic heterocycles. The van der Waals surface area contributed by atoms with Gasteiger partial charge in [0.05, 0.1) is 18.3 Å². The number of halogens is 1. The zero-order valence-electron chi connectivity index (χ0n) is 8.74. The number of hydrogen-bond donors (Lipinski definition) is 1. The van der Waals surface area contributed by atoms with Crippen molar-refractivity contribution in [1.82, 2.24) is 4.90 Å². The second-order valence-corrected chi connectivity index (χ2v) is 4.49.